The Bertz CT molecular complexity index is 1200. The number of amides is 1. The van der Waals surface area contributed by atoms with E-state index in [2.05, 4.69) is 4.99 Å². The molecule has 2 saturated heterocycles. The van der Waals surface area contributed by atoms with Crippen molar-refractivity contribution < 1.29 is 22.7 Å². The highest BCUT2D eigenvalue weighted by Crippen LogP contribution is 2.44. The Morgan fingerprint density at radius 1 is 1.16 bits per heavy atom. The number of amidine groups is 1. The maximum Gasteiger partial charge on any atom is 0.252 e. The number of anilines is 1. The Morgan fingerprint density at radius 3 is 2.62 bits per heavy atom. The molecule has 0 bridgehead atoms. The summed E-state index contributed by atoms with van der Waals surface area (Å²) in [6, 6.07) is 9.99. The fourth-order valence-electron chi connectivity index (χ4n) is 3.84. The van der Waals surface area contributed by atoms with Crippen LogP contribution in [-0.2, 0) is 21.1 Å². The van der Waals surface area contributed by atoms with Crippen LogP contribution in [0.4, 0.5) is 5.69 Å². The molecule has 2 atom stereocenters. The van der Waals surface area contributed by atoms with E-state index < -0.39 is 9.84 Å². The molecule has 1 amide bonds. The molecule has 0 radical (unpaired) electrons. The van der Waals surface area contributed by atoms with Crippen molar-refractivity contribution in [2.75, 3.05) is 30.6 Å². The van der Waals surface area contributed by atoms with Gasteiger partial charge in [-0.2, -0.15) is 4.99 Å². The van der Waals surface area contributed by atoms with E-state index in [1.807, 2.05) is 0 Å². The lowest BCUT2D eigenvalue weighted by atomic mass is 10.1. The molecule has 2 aromatic carbocycles. The Balaban J connectivity index is 1.65. The molecule has 0 N–H and O–H groups in total. The number of hydrogen-bond donors (Lipinski definition) is 0. The molecule has 0 spiro atoms. The van der Waals surface area contributed by atoms with Gasteiger partial charge in [-0.05, 0) is 29.8 Å². The molecule has 7 nitrogen and oxygen atoms in total. The molecule has 0 unspecified atom stereocenters. The predicted octanol–water partition coefficient (Wildman–Crippen LogP) is 3.85. The van der Waals surface area contributed by atoms with Crippen LogP contribution >= 0.6 is 35.0 Å². The van der Waals surface area contributed by atoms with Crippen molar-refractivity contribution in [1.29, 1.82) is 0 Å². The number of thioether (sulfide) groups is 1. The first-order chi connectivity index (χ1) is 15.2. The van der Waals surface area contributed by atoms with Gasteiger partial charge in [0, 0.05) is 5.25 Å². The van der Waals surface area contributed by atoms with Gasteiger partial charge in [0.2, 0.25) is 0 Å². The van der Waals surface area contributed by atoms with Crippen molar-refractivity contribution in [2.24, 2.45) is 4.99 Å². The zero-order valence-corrected chi connectivity index (χ0v) is 20.4. The first-order valence-electron chi connectivity index (χ1n) is 9.65. The smallest absolute Gasteiger partial charge is 0.252 e. The highest BCUT2D eigenvalue weighted by atomic mass is 35.5. The van der Waals surface area contributed by atoms with Crippen molar-refractivity contribution in [3.8, 4) is 11.5 Å². The number of halogens is 2. The molecule has 11 heteroatoms. The first kappa shape index (κ1) is 23.2. The lowest BCUT2D eigenvalue weighted by Crippen LogP contribution is -2.38. The van der Waals surface area contributed by atoms with E-state index in [0.29, 0.717) is 32.4 Å². The zero-order chi connectivity index (χ0) is 23.0. The van der Waals surface area contributed by atoms with Gasteiger partial charge in [-0.3, -0.25) is 4.79 Å². The van der Waals surface area contributed by atoms with Gasteiger partial charge in [0.25, 0.3) is 5.91 Å². The predicted molar refractivity (Wildman–Crippen MR) is 128 cm³/mol. The molecule has 2 aliphatic heterocycles. The van der Waals surface area contributed by atoms with E-state index in [0.717, 1.165) is 5.56 Å². The normalized spacial score (nSPS) is 22.8. The molecule has 170 valence electrons. The summed E-state index contributed by atoms with van der Waals surface area (Å²) in [6.45, 7) is 0. The Labute approximate surface area is 200 Å². The highest BCUT2D eigenvalue weighted by molar-refractivity contribution is 8.16. The average molecular weight is 515 g/mol. The van der Waals surface area contributed by atoms with Gasteiger partial charge in [-0.15, -0.1) is 0 Å². The van der Waals surface area contributed by atoms with Gasteiger partial charge in [-0.1, -0.05) is 47.1 Å². The number of aliphatic imine (C=N–C) groups is 1. The maximum atomic E-state index is 12.8. The number of methoxy groups -OCH3 is 2. The minimum absolute atomic E-state index is 0.0277. The summed E-state index contributed by atoms with van der Waals surface area (Å²) < 4.78 is 35.0. The third-order valence-corrected chi connectivity index (χ3v) is 9.30. The van der Waals surface area contributed by atoms with E-state index >= 15 is 0 Å². The highest BCUT2D eigenvalue weighted by Gasteiger charge is 2.49. The zero-order valence-electron chi connectivity index (χ0n) is 17.2. The van der Waals surface area contributed by atoms with Crippen LogP contribution in [-0.4, -0.2) is 56.5 Å². The largest absolute Gasteiger partial charge is 0.493 e. The number of carbonyl (C=O) groups is 1. The molecular formula is C21H20Cl2N2O5S2. The molecule has 2 fully saturated rings. The number of rotatable bonds is 5. The molecule has 2 aromatic rings. The van der Waals surface area contributed by atoms with Crippen molar-refractivity contribution in [3.63, 3.8) is 0 Å². The van der Waals surface area contributed by atoms with Crippen LogP contribution < -0.4 is 14.4 Å². The second-order valence-electron chi connectivity index (χ2n) is 7.40. The summed E-state index contributed by atoms with van der Waals surface area (Å²) in [7, 11) is -0.122. The van der Waals surface area contributed by atoms with Crippen molar-refractivity contribution in [1.82, 2.24) is 0 Å². The molecule has 0 aromatic heterocycles. The third kappa shape index (κ3) is 4.57. The van der Waals surface area contributed by atoms with E-state index in [9.17, 15) is 13.2 Å². The van der Waals surface area contributed by atoms with E-state index in [1.54, 1.807) is 48.4 Å². The topological polar surface area (TPSA) is 85.3 Å². The average Bonchev–Trinajstić information content (AvgIpc) is 3.20. The summed E-state index contributed by atoms with van der Waals surface area (Å²) in [6.07, 6.45) is 0.0508. The lowest BCUT2D eigenvalue weighted by molar-refractivity contribution is -0.117. The van der Waals surface area contributed by atoms with Gasteiger partial charge < -0.3 is 14.4 Å². The minimum Gasteiger partial charge on any atom is -0.493 e. The lowest BCUT2D eigenvalue weighted by Gasteiger charge is -2.25. The van der Waals surface area contributed by atoms with Crippen LogP contribution in [0.1, 0.15) is 5.56 Å². The molecule has 0 saturated carbocycles. The molecule has 2 aliphatic rings. The summed E-state index contributed by atoms with van der Waals surface area (Å²) >= 11 is 13.9. The number of fused-ring (bicyclic) bond motifs is 1. The van der Waals surface area contributed by atoms with Gasteiger partial charge in [0.15, 0.2) is 26.5 Å². The Morgan fingerprint density at radius 2 is 1.91 bits per heavy atom. The SMILES string of the molecule is COc1ccc(CC(=O)N=C2S[C@@H]3CS(=O)(=O)C[C@@H]3N2c2cccc(Cl)c2Cl)cc1OC. The van der Waals surface area contributed by atoms with Crippen LogP contribution in [0.3, 0.4) is 0 Å². The van der Waals surface area contributed by atoms with E-state index in [-0.39, 0.29) is 35.1 Å². The fourth-order valence-corrected chi connectivity index (χ4v) is 8.15. The molecule has 2 heterocycles. The summed E-state index contributed by atoms with van der Waals surface area (Å²) in [5.41, 5.74) is 1.25. The standard InChI is InChI=1S/C21H20Cl2N2O5S2/c1-29-16-7-6-12(8-17(16)30-2)9-19(26)24-21-25(14-5-3-4-13(22)20(14)23)15-10-32(27,28)11-18(15)31-21/h3-8,15,18H,9-11H2,1-2H3/t15-,18+/m0/s1. The molecular weight excluding hydrogens is 495 g/mol. The van der Waals surface area contributed by atoms with Gasteiger partial charge >= 0.3 is 0 Å². The number of nitrogens with zero attached hydrogens (tertiary/aromatic N) is 2. The molecule has 0 aliphatic carbocycles. The van der Waals surface area contributed by atoms with Gasteiger partial charge in [-0.25, -0.2) is 8.42 Å². The van der Waals surface area contributed by atoms with Crippen molar-refractivity contribution in [3.05, 3.63) is 52.0 Å². The number of carbonyl (C=O) groups excluding carboxylic acids is 1. The number of sulfone groups is 1. The van der Waals surface area contributed by atoms with E-state index in [1.165, 1.54) is 18.9 Å². The summed E-state index contributed by atoms with van der Waals surface area (Å²) in [5.74, 6) is 0.715. The maximum absolute atomic E-state index is 12.8. The second kappa shape index (κ2) is 9.13. The van der Waals surface area contributed by atoms with Gasteiger partial charge in [0.1, 0.15) is 0 Å². The molecule has 4 rings (SSSR count). The van der Waals surface area contributed by atoms with Crippen LogP contribution in [0.15, 0.2) is 41.4 Å². The monoisotopic (exact) mass is 514 g/mol. The number of benzene rings is 2. The minimum atomic E-state index is -3.19. The van der Waals surface area contributed by atoms with Crippen molar-refractivity contribution in [2.45, 2.75) is 17.7 Å². The van der Waals surface area contributed by atoms with Crippen LogP contribution in [0.5, 0.6) is 11.5 Å². The van der Waals surface area contributed by atoms with Crippen LogP contribution in [0.25, 0.3) is 0 Å². The summed E-state index contributed by atoms with van der Waals surface area (Å²) in [5, 5.41) is 0.821. The van der Waals surface area contributed by atoms with E-state index in [4.69, 9.17) is 32.7 Å². The third-order valence-electron chi connectivity index (χ3n) is 5.28. The molecule has 32 heavy (non-hydrogen) atoms. The Hall–Kier alpha value is -1.94. The fraction of sp³-hybridized carbons (Fsp3) is 0.333. The first-order valence-corrected chi connectivity index (χ1v) is 13.1. The van der Waals surface area contributed by atoms with Crippen molar-refractivity contribution >= 4 is 61.6 Å². The summed E-state index contributed by atoms with van der Waals surface area (Å²) in [4.78, 5) is 18.9. The number of ether oxygens (including phenoxy) is 2. The number of hydrogen-bond acceptors (Lipinski definition) is 6. The quantitative estimate of drug-likeness (QED) is 0.598. The van der Waals surface area contributed by atoms with Gasteiger partial charge in [0.05, 0.1) is 53.9 Å². The second-order valence-corrected chi connectivity index (χ2v) is 11.5. The van der Waals surface area contributed by atoms with Crippen LogP contribution in [0, 0.1) is 0 Å². The Kier molecular flexibility index (Phi) is 6.63. The van der Waals surface area contributed by atoms with Crippen LogP contribution in [0.2, 0.25) is 10.0 Å².